The van der Waals surface area contributed by atoms with Crippen LogP contribution in [0.2, 0.25) is 5.02 Å². The van der Waals surface area contributed by atoms with Crippen LogP contribution in [0.4, 0.5) is 0 Å². The summed E-state index contributed by atoms with van der Waals surface area (Å²) in [6, 6.07) is 12.7. The van der Waals surface area contributed by atoms with Crippen molar-refractivity contribution in [2.75, 3.05) is 0 Å². The Morgan fingerprint density at radius 2 is 1.42 bits per heavy atom. The molecule has 0 bridgehead atoms. The number of ketones is 2. The van der Waals surface area contributed by atoms with E-state index in [1.165, 1.54) is 6.42 Å². The summed E-state index contributed by atoms with van der Waals surface area (Å²) in [5.74, 6) is -0.236. The first-order valence-corrected chi connectivity index (χ1v) is 9.71. The van der Waals surface area contributed by atoms with Crippen LogP contribution in [0.1, 0.15) is 52.8 Å². The molecular formula is C22H18Cl2O2. The summed E-state index contributed by atoms with van der Waals surface area (Å²) >= 11 is 12.4. The van der Waals surface area contributed by atoms with E-state index in [0.717, 1.165) is 36.8 Å². The molecule has 1 fully saturated rings. The fourth-order valence-electron chi connectivity index (χ4n) is 4.09. The highest BCUT2D eigenvalue weighted by atomic mass is 35.5. The van der Waals surface area contributed by atoms with E-state index >= 15 is 0 Å². The van der Waals surface area contributed by atoms with Gasteiger partial charge in [0, 0.05) is 21.7 Å². The van der Waals surface area contributed by atoms with Gasteiger partial charge in [-0.1, -0.05) is 72.8 Å². The van der Waals surface area contributed by atoms with Gasteiger partial charge < -0.3 is 0 Å². The molecule has 0 aromatic heterocycles. The van der Waals surface area contributed by atoms with Crippen LogP contribution >= 0.6 is 23.2 Å². The van der Waals surface area contributed by atoms with Crippen LogP contribution in [-0.2, 0) is 0 Å². The highest BCUT2D eigenvalue weighted by Crippen LogP contribution is 2.41. The molecule has 132 valence electrons. The Balaban J connectivity index is 1.84. The number of fused-ring (bicyclic) bond motifs is 1. The molecule has 26 heavy (non-hydrogen) atoms. The lowest BCUT2D eigenvalue weighted by atomic mass is 9.75. The fourth-order valence-corrected chi connectivity index (χ4v) is 4.55. The van der Waals surface area contributed by atoms with Gasteiger partial charge >= 0.3 is 0 Å². The zero-order chi connectivity index (χ0) is 18.3. The van der Waals surface area contributed by atoms with E-state index in [1.807, 2.05) is 24.3 Å². The molecule has 1 saturated carbocycles. The first-order chi connectivity index (χ1) is 12.6. The third kappa shape index (κ3) is 2.91. The van der Waals surface area contributed by atoms with Crippen molar-refractivity contribution in [2.45, 2.75) is 32.1 Å². The van der Waals surface area contributed by atoms with Crippen molar-refractivity contribution in [3.8, 4) is 11.1 Å². The molecule has 2 aromatic carbocycles. The number of allylic oxidation sites excluding steroid dienone is 2. The average Bonchev–Trinajstić information content (AvgIpc) is 2.67. The molecule has 2 nitrogen and oxygen atoms in total. The van der Waals surface area contributed by atoms with Crippen LogP contribution in [0.3, 0.4) is 0 Å². The molecule has 0 aliphatic heterocycles. The monoisotopic (exact) mass is 384 g/mol. The molecule has 2 aromatic rings. The molecule has 4 heteroatoms. The number of Topliss-reactive ketones (excluding diaryl/α,β-unsaturated/α-hetero) is 2. The molecular weight excluding hydrogens is 367 g/mol. The second kappa shape index (κ2) is 7.02. The minimum Gasteiger partial charge on any atom is -0.289 e. The molecule has 0 spiro atoms. The average molecular weight is 385 g/mol. The van der Waals surface area contributed by atoms with Gasteiger partial charge in [-0.3, -0.25) is 9.59 Å². The summed E-state index contributed by atoms with van der Waals surface area (Å²) in [6.07, 6.45) is 5.20. The van der Waals surface area contributed by atoms with Gasteiger partial charge in [0.1, 0.15) is 0 Å². The normalized spacial score (nSPS) is 18.2. The largest absolute Gasteiger partial charge is 0.289 e. The topological polar surface area (TPSA) is 34.1 Å². The van der Waals surface area contributed by atoms with Crippen LogP contribution < -0.4 is 0 Å². The van der Waals surface area contributed by atoms with Gasteiger partial charge in [0.05, 0.1) is 5.03 Å². The van der Waals surface area contributed by atoms with E-state index in [1.54, 1.807) is 18.2 Å². The predicted octanol–water partition coefficient (Wildman–Crippen LogP) is 6.46. The first kappa shape index (κ1) is 17.5. The minimum atomic E-state index is -0.243. The summed E-state index contributed by atoms with van der Waals surface area (Å²) in [6.45, 7) is 0. The summed E-state index contributed by atoms with van der Waals surface area (Å²) in [5, 5.41) is 0.731. The van der Waals surface area contributed by atoms with E-state index in [0.29, 0.717) is 21.7 Å². The zero-order valence-corrected chi connectivity index (χ0v) is 15.7. The van der Waals surface area contributed by atoms with Crippen molar-refractivity contribution in [1.82, 2.24) is 0 Å². The van der Waals surface area contributed by atoms with E-state index in [9.17, 15) is 9.59 Å². The van der Waals surface area contributed by atoms with E-state index in [4.69, 9.17) is 23.2 Å². The lowest BCUT2D eigenvalue weighted by Crippen LogP contribution is -2.26. The van der Waals surface area contributed by atoms with E-state index < -0.39 is 0 Å². The van der Waals surface area contributed by atoms with Crippen molar-refractivity contribution in [3.63, 3.8) is 0 Å². The van der Waals surface area contributed by atoms with E-state index in [-0.39, 0.29) is 22.5 Å². The van der Waals surface area contributed by atoms with E-state index in [2.05, 4.69) is 0 Å². The molecule has 0 unspecified atom stereocenters. The van der Waals surface area contributed by atoms with Crippen molar-refractivity contribution in [1.29, 1.82) is 0 Å². The SMILES string of the molecule is O=C1C(C2CCCCC2)=C(Cl)C(=O)c2c1cccc2-c1ccc(Cl)cc1. The van der Waals surface area contributed by atoms with Crippen LogP contribution in [0.5, 0.6) is 0 Å². The summed E-state index contributed by atoms with van der Waals surface area (Å²) in [4.78, 5) is 26.3. The molecule has 0 radical (unpaired) electrons. The Bertz CT molecular complexity index is 920. The van der Waals surface area contributed by atoms with Crippen LogP contribution in [-0.4, -0.2) is 11.6 Å². The van der Waals surface area contributed by atoms with Crippen molar-refractivity contribution < 1.29 is 9.59 Å². The Hall–Kier alpha value is -1.90. The van der Waals surface area contributed by atoms with Crippen molar-refractivity contribution >= 4 is 34.8 Å². The molecule has 0 amide bonds. The number of rotatable bonds is 2. The smallest absolute Gasteiger partial charge is 0.206 e. The molecule has 2 aliphatic carbocycles. The summed E-state index contributed by atoms with van der Waals surface area (Å²) < 4.78 is 0. The van der Waals surface area contributed by atoms with Crippen molar-refractivity contribution in [2.24, 2.45) is 5.92 Å². The molecule has 2 aliphatic rings. The van der Waals surface area contributed by atoms with Gasteiger partial charge in [0.25, 0.3) is 0 Å². The highest BCUT2D eigenvalue weighted by molar-refractivity contribution is 6.50. The predicted molar refractivity (Wildman–Crippen MR) is 105 cm³/mol. The Morgan fingerprint density at radius 3 is 2.12 bits per heavy atom. The molecule has 4 rings (SSSR count). The number of carbonyl (C=O) groups excluding carboxylic acids is 2. The first-order valence-electron chi connectivity index (χ1n) is 8.96. The third-order valence-corrected chi connectivity index (χ3v) is 6.01. The third-order valence-electron chi connectivity index (χ3n) is 5.39. The zero-order valence-electron chi connectivity index (χ0n) is 14.2. The molecule has 0 saturated heterocycles. The lowest BCUT2D eigenvalue weighted by Gasteiger charge is -2.28. The number of hydrogen-bond donors (Lipinski definition) is 0. The maximum Gasteiger partial charge on any atom is 0.206 e. The standard InChI is InChI=1S/C22H18Cl2O2/c23-15-11-9-13(10-12-15)16-7-4-8-17-19(16)22(26)20(24)18(21(17)25)14-5-2-1-3-6-14/h4,7-12,14H,1-3,5-6H2. The molecule has 0 heterocycles. The summed E-state index contributed by atoms with van der Waals surface area (Å²) in [7, 11) is 0. The van der Waals surface area contributed by atoms with Gasteiger partial charge in [0.2, 0.25) is 5.78 Å². The maximum atomic E-state index is 13.2. The van der Waals surface area contributed by atoms with Gasteiger partial charge in [-0.25, -0.2) is 0 Å². The van der Waals surface area contributed by atoms with Gasteiger partial charge in [-0.05, 0) is 42.0 Å². The van der Waals surface area contributed by atoms with Gasteiger partial charge in [-0.2, -0.15) is 0 Å². The van der Waals surface area contributed by atoms with Gasteiger partial charge in [0.15, 0.2) is 5.78 Å². The van der Waals surface area contributed by atoms with Gasteiger partial charge in [-0.15, -0.1) is 0 Å². The maximum absolute atomic E-state index is 13.2. The van der Waals surface area contributed by atoms with Crippen molar-refractivity contribution in [3.05, 3.63) is 69.2 Å². The Labute approximate surface area is 162 Å². The lowest BCUT2D eigenvalue weighted by molar-refractivity contribution is 0.0967. The highest BCUT2D eigenvalue weighted by Gasteiger charge is 2.37. The molecule has 0 N–H and O–H groups in total. The number of carbonyl (C=O) groups is 2. The van der Waals surface area contributed by atoms with Crippen LogP contribution in [0, 0.1) is 5.92 Å². The number of halogens is 2. The van der Waals surface area contributed by atoms with Crippen LogP contribution in [0.15, 0.2) is 53.1 Å². The number of hydrogen-bond acceptors (Lipinski definition) is 2. The Morgan fingerprint density at radius 1 is 0.769 bits per heavy atom. The fraction of sp³-hybridized carbons (Fsp3) is 0.273. The molecule has 0 atom stereocenters. The Kier molecular flexibility index (Phi) is 4.73. The number of benzene rings is 2. The second-order valence-electron chi connectivity index (χ2n) is 6.96. The second-order valence-corrected chi connectivity index (χ2v) is 7.77. The summed E-state index contributed by atoms with van der Waals surface area (Å²) in [5.41, 5.74) is 2.96. The minimum absolute atomic E-state index is 0.0905. The quantitative estimate of drug-likeness (QED) is 0.595. The van der Waals surface area contributed by atoms with Crippen LogP contribution in [0.25, 0.3) is 11.1 Å².